The lowest BCUT2D eigenvalue weighted by Crippen LogP contribution is -2.18. The van der Waals surface area contributed by atoms with E-state index in [1.54, 1.807) is 13.8 Å². The van der Waals surface area contributed by atoms with Gasteiger partial charge in [0.1, 0.15) is 0 Å². The smallest absolute Gasteiger partial charge is 0.308 e. The Bertz CT molecular complexity index is 277. The summed E-state index contributed by atoms with van der Waals surface area (Å²) >= 11 is 0. The number of sulfonamides is 1. The van der Waals surface area contributed by atoms with Gasteiger partial charge in [0, 0.05) is 0 Å². The minimum absolute atomic E-state index is 0.118. The van der Waals surface area contributed by atoms with Gasteiger partial charge < -0.3 is 9.05 Å². The third kappa shape index (κ3) is 6.17. The normalized spacial score (nSPS) is 13.2. The first-order valence-corrected chi connectivity index (χ1v) is 7.16. The molecule has 0 amide bonds. The van der Waals surface area contributed by atoms with Crippen molar-refractivity contribution in [3.05, 3.63) is 0 Å². The second-order valence-electron chi connectivity index (χ2n) is 2.24. The summed E-state index contributed by atoms with van der Waals surface area (Å²) in [5, 5.41) is 4.72. The van der Waals surface area contributed by atoms with Gasteiger partial charge in [-0.1, -0.05) is 0 Å². The average Bonchev–Trinajstić information content (AvgIpc) is 1.82. The van der Waals surface area contributed by atoms with E-state index in [2.05, 4.69) is 0 Å². The zero-order valence-corrected chi connectivity index (χ0v) is 9.31. The Morgan fingerprint density at radius 2 is 1.62 bits per heavy atom. The van der Waals surface area contributed by atoms with Crippen LogP contribution in [0.3, 0.4) is 0 Å². The minimum Gasteiger partial charge on any atom is -0.308 e. The number of hydrogen-bond acceptors (Lipinski definition) is 5. The molecule has 0 aliphatic carbocycles. The van der Waals surface area contributed by atoms with E-state index in [-0.39, 0.29) is 13.2 Å². The molecule has 0 saturated carbocycles. The van der Waals surface area contributed by atoms with E-state index in [0.717, 1.165) is 0 Å². The van der Waals surface area contributed by atoms with Crippen LogP contribution in [0, 0.1) is 0 Å². The van der Waals surface area contributed by atoms with Crippen molar-refractivity contribution in [2.24, 2.45) is 5.14 Å². The predicted octanol–water partition coefficient (Wildman–Crippen LogP) is 0.499. The van der Waals surface area contributed by atoms with Gasteiger partial charge in [0.2, 0.25) is 10.0 Å². The van der Waals surface area contributed by atoms with E-state index in [1.165, 1.54) is 0 Å². The summed E-state index contributed by atoms with van der Waals surface area (Å²) in [6.07, 6.45) is 0. The molecule has 0 saturated heterocycles. The highest BCUT2D eigenvalue weighted by Crippen LogP contribution is 2.48. The molecule has 8 heteroatoms. The Hall–Kier alpha value is 0.0600. The minimum atomic E-state index is -3.84. The average molecular weight is 231 g/mol. The molecule has 13 heavy (non-hydrogen) atoms. The van der Waals surface area contributed by atoms with E-state index in [9.17, 15) is 13.0 Å². The molecule has 0 aromatic rings. The number of nitrogens with two attached hydrogens (primary N) is 1. The second-order valence-corrected chi connectivity index (χ2v) is 6.34. The molecule has 0 atom stereocenters. The molecule has 0 aromatic carbocycles. The van der Waals surface area contributed by atoms with Crippen molar-refractivity contribution in [3.63, 3.8) is 0 Å². The summed E-state index contributed by atoms with van der Waals surface area (Å²) in [7, 11) is -7.39. The summed E-state index contributed by atoms with van der Waals surface area (Å²) in [4.78, 5) is 0. The lowest BCUT2D eigenvalue weighted by molar-refractivity contribution is 0.224. The van der Waals surface area contributed by atoms with Gasteiger partial charge in [-0.3, -0.25) is 4.57 Å². The van der Waals surface area contributed by atoms with Crippen molar-refractivity contribution in [3.8, 4) is 0 Å². The molecule has 0 fully saturated rings. The zero-order chi connectivity index (χ0) is 10.5. The van der Waals surface area contributed by atoms with Crippen molar-refractivity contribution in [2.75, 3.05) is 18.7 Å². The molecule has 0 radical (unpaired) electrons. The molecular weight excluding hydrogens is 217 g/mol. The van der Waals surface area contributed by atoms with E-state index < -0.39 is 23.1 Å². The Labute approximate surface area is 78.0 Å². The summed E-state index contributed by atoms with van der Waals surface area (Å²) in [6.45, 7) is 3.42. The highest BCUT2D eigenvalue weighted by atomic mass is 32.2. The van der Waals surface area contributed by atoms with E-state index in [4.69, 9.17) is 14.2 Å². The maximum Gasteiger partial charge on any atom is 0.347 e. The van der Waals surface area contributed by atoms with Crippen LogP contribution in [0.1, 0.15) is 13.8 Å². The third-order valence-electron chi connectivity index (χ3n) is 0.990. The molecule has 0 aliphatic rings. The summed E-state index contributed by atoms with van der Waals surface area (Å²) < 4.78 is 42.2. The van der Waals surface area contributed by atoms with E-state index in [0.29, 0.717) is 0 Å². The summed E-state index contributed by atoms with van der Waals surface area (Å²) in [5.74, 6) is 0. The first-order chi connectivity index (χ1) is 5.83. The molecule has 0 spiro atoms. The molecular formula is C5H14NO5PS. The number of hydrogen-bond donors (Lipinski definition) is 1. The molecule has 0 aliphatic heterocycles. The van der Waals surface area contributed by atoms with Crippen molar-refractivity contribution in [2.45, 2.75) is 13.8 Å². The number of primary sulfonamides is 1. The predicted molar refractivity (Wildman–Crippen MR) is 48.8 cm³/mol. The van der Waals surface area contributed by atoms with Crippen LogP contribution in [-0.2, 0) is 23.6 Å². The van der Waals surface area contributed by atoms with Crippen LogP contribution in [-0.4, -0.2) is 27.1 Å². The van der Waals surface area contributed by atoms with Crippen molar-refractivity contribution in [1.29, 1.82) is 0 Å². The van der Waals surface area contributed by atoms with Crippen molar-refractivity contribution < 1.29 is 22.0 Å². The molecule has 80 valence electrons. The van der Waals surface area contributed by atoms with Gasteiger partial charge in [-0.2, -0.15) is 0 Å². The van der Waals surface area contributed by atoms with Gasteiger partial charge in [0.25, 0.3) is 0 Å². The lowest BCUT2D eigenvalue weighted by atomic mass is 10.9. The highest BCUT2D eigenvalue weighted by Gasteiger charge is 2.29. The fourth-order valence-corrected chi connectivity index (χ4v) is 3.95. The van der Waals surface area contributed by atoms with Crippen LogP contribution in [0.4, 0.5) is 0 Å². The van der Waals surface area contributed by atoms with E-state index >= 15 is 0 Å². The van der Waals surface area contributed by atoms with Crippen molar-refractivity contribution in [1.82, 2.24) is 0 Å². The Morgan fingerprint density at radius 3 is 1.85 bits per heavy atom. The van der Waals surface area contributed by atoms with Crippen LogP contribution in [0.2, 0.25) is 0 Å². The van der Waals surface area contributed by atoms with Crippen molar-refractivity contribution >= 4 is 17.6 Å². The molecule has 2 N–H and O–H groups in total. The molecule has 0 unspecified atom stereocenters. The molecule has 6 nitrogen and oxygen atoms in total. The molecule has 0 heterocycles. The van der Waals surface area contributed by atoms with Crippen LogP contribution >= 0.6 is 7.60 Å². The first-order valence-electron chi connectivity index (χ1n) is 3.71. The van der Waals surface area contributed by atoms with Gasteiger partial charge in [0.15, 0.2) is 5.49 Å². The fraction of sp³-hybridized carbons (Fsp3) is 1.00. The Balaban J connectivity index is 4.51. The second kappa shape index (κ2) is 5.07. The van der Waals surface area contributed by atoms with Gasteiger partial charge >= 0.3 is 7.60 Å². The van der Waals surface area contributed by atoms with Gasteiger partial charge in [0.05, 0.1) is 13.2 Å². The largest absolute Gasteiger partial charge is 0.347 e. The molecule has 0 bridgehead atoms. The lowest BCUT2D eigenvalue weighted by Gasteiger charge is -2.15. The Kier molecular flexibility index (Phi) is 5.09. The SMILES string of the molecule is CCOP(=O)(CS(N)(=O)=O)OCC. The number of rotatable bonds is 6. The zero-order valence-electron chi connectivity index (χ0n) is 7.60. The highest BCUT2D eigenvalue weighted by molar-refractivity contribution is 7.95. The van der Waals surface area contributed by atoms with Crippen LogP contribution < -0.4 is 5.14 Å². The quantitative estimate of drug-likeness (QED) is 0.671. The van der Waals surface area contributed by atoms with Crippen LogP contribution in [0.15, 0.2) is 0 Å². The van der Waals surface area contributed by atoms with Gasteiger partial charge in [-0.05, 0) is 13.8 Å². The third-order valence-corrected chi connectivity index (χ3v) is 5.00. The molecule has 0 rings (SSSR count). The summed E-state index contributed by atoms with van der Waals surface area (Å²) in [5.41, 5.74) is -0.776. The van der Waals surface area contributed by atoms with Crippen LogP contribution in [0.25, 0.3) is 0 Å². The monoisotopic (exact) mass is 231 g/mol. The van der Waals surface area contributed by atoms with Gasteiger partial charge in [-0.15, -0.1) is 0 Å². The van der Waals surface area contributed by atoms with E-state index in [1.807, 2.05) is 0 Å². The maximum atomic E-state index is 11.5. The standard InChI is InChI=1S/C5H14NO5PS/c1-3-10-12(7,11-4-2)5-13(6,8)9/h3-5H2,1-2H3,(H2,6,8,9). The summed E-state index contributed by atoms with van der Waals surface area (Å²) in [6, 6.07) is 0. The molecule has 0 aromatic heterocycles. The maximum absolute atomic E-state index is 11.5. The Morgan fingerprint density at radius 1 is 1.23 bits per heavy atom. The fourth-order valence-electron chi connectivity index (χ4n) is 0.726. The first kappa shape index (κ1) is 13.1. The van der Waals surface area contributed by atoms with Crippen LogP contribution in [0.5, 0.6) is 0 Å². The topological polar surface area (TPSA) is 95.7 Å². The van der Waals surface area contributed by atoms with Gasteiger partial charge in [-0.25, -0.2) is 13.6 Å².